The highest BCUT2D eigenvalue weighted by Gasteiger charge is 2.31. The molecule has 1 unspecified atom stereocenters. The molecule has 1 aromatic carbocycles. The van der Waals surface area contributed by atoms with Crippen molar-refractivity contribution in [3.63, 3.8) is 0 Å². The van der Waals surface area contributed by atoms with E-state index < -0.39 is 21.1 Å². The minimum Gasteiger partial charge on any atom is -0.480 e. The first-order valence-electron chi connectivity index (χ1n) is 4.31. The first-order chi connectivity index (χ1) is 6.84. The van der Waals surface area contributed by atoms with Crippen LogP contribution in [0.2, 0.25) is 0 Å². The van der Waals surface area contributed by atoms with Gasteiger partial charge < -0.3 is 5.11 Å². The number of aryl methyl sites for hydroxylation is 1. The SMILES string of the molecule is Cc1ccccc1C(C(=O)O)S(C)(=O)=O. The van der Waals surface area contributed by atoms with Gasteiger partial charge in [0.25, 0.3) is 0 Å². The lowest BCUT2D eigenvalue weighted by Crippen LogP contribution is -2.21. The van der Waals surface area contributed by atoms with Crippen molar-refractivity contribution in [2.24, 2.45) is 0 Å². The van der Waals surface area contributed by atoms with Gasteiger partial charge in [0.2, 0.25) is 0 Å². The Bertz CT molecular complexity index is 476. The Morgan fingerprint density at radius 3 is 2.27 bits per heavy atom. The summed E-state index contributed by atoms with van der Waals surface area (Å²) in [5.74, 6) is -1.34. The molecule has 82 valence electrons. The molecule has 0 amide bonds. The highest BCUT2D eigenvalue weighted by atomic mass is 32.2. The molecule has 4 nitrogen and oxygen atoms in total. The molecule has 0 aromatic heterocycles. The van der Waals surface area contributed by atoms with Crippen LogP contribution in [-0.4, -0.2) is 25.7 Å². The van der Waals surface area contributed by atoms with E-state index in [1.807, 2.05) is 0 Å². The van der Waals surface area contributed by atoms with Gasteiger partial charge in [0.15, 0.2) is 15.1 Å². The molecule has 5 heteroatoms. The molecule has 0 aliphatic carbocycles. The molecule has 0 aliphatic heterocycles. The highest BCUT2D eigenvalue weighted by Crippen LogP contribution is 2.24. The van der Waals surface area contributed by atoms with Crippen LogP contribution in [0, 0.1) is 6.92 Å². The van der Waals surface area contributed by atoms with Crippen LogP contribution >= 0.6 is 0 Å². The summed E-state index contributed by atoms with van der Waals surface area (Å²) in [7, 11) is -3.64. The zero-order valence-corrected chi connectivity index (χ0v) is 9.28. The summed E-state index contributed by atoms with van der Waals surface area (Å²) in [5.41, 5.74) is 0.989. The van der Waals surface area contributed by atoms with Gasteiger partial charge in [-0.3, -0.25) is 4.79 Å². The third-order valence-electron chi connectivity index (χ3n) is 2.12. The molecule has 1 atom stereocenters. The van der Waals surface area contributed by atoms with E-state index in [4.69, 9.17) is 5.11 Å². The summed E-state index contributed by atoms with van der Waals surface area (Å²) in [4.78, 5) is 10.9. The fraction of sp³-hybridized carbons (Fsp3) is 0.300. The molecule has 0 spiro atoms. The van der Waals surface area contributed by atoms with Crippen LogP contribution in [0.3, 0.4) is 0 Å². The van der Waals surface area contributed by atoms with E-state index in [1.165, 1.54) is 6.07 Å². The number of hydrogen-bond acceptors (Lipinski definition) is 3. The zero-order chi connectivity index (χ0) is 11.6. The van der Waals surface area contributed by atoms with Crippen molar-refractivity contribution in [1.29, 1.82) is 0 Å². The Labute approximate surface area is 88.5 Å². The van der Waals surface area contributed by atoms with Gasteiger partial charge in [-0.25, -0.2) is 8.42 Å². The number of benzene rings is 1. The molecule has 0 saturated carbocycles. The second-order valence-electron chi connectivity index (χ2n) is 3.40. The quantitative estimate of drug-likeness (QED) is 0.842. The van der Waals surface area contributed by atoms with E-state index in [2.05, 4.69) is 0 Å². The number of rotatable bonds is 3. The van der Waals surface area contributed by atoms with Crippen LogP contribution in [0.25, 0.3) is 0 Å². The molecule has 0 saturated heterocycles. The summed E-state index contributed by atoms with van der Waals surface area (Å²) >= 11 is 0. The normalized spacial score (nSPS) is 13.5. The summed E-state index contributed by atoms with van der Waals surface area (Å²) in [6, 6.07) is 6.58. The number of carboxylic acids is 1. The van der Waals surface area contributed by atoms with Crippen LogP contribution < -0.4 is 0 Å². The minimum atomic E-state index is -3.64. The van der Waals surface area contributed by atoms with Crippen molar-refractivity contribution in [1.82, 2.24) is 0 Å². The smallest absolute Gasteiger partial charge is 0.326 e. The minimum absolute atomic E-state index is 0.326. The lowest BCUT2D eigenvalue weighted by atomic mass is 10.1. The average Bonchev–Trinajstić information content (AvgIpc) is 2.05. The molecule has 0 radical (unpaired) electrons. The summed E-state index contributed by atoms with van der Waals surface area (Å²) < 4.78 is 22.7. The first kappa shape index (κ1) is 11.7. The van der Waals surface area contributed by atoms with Gasteiger partial charge in [0.1, 0.15) is 0 Å². The largest absolute Gasteiger partial charge is 0.480 e. The van der Waals surface area contributed by atoms with E-state index in [-0.39, 0.29) is 0 Å². The highest BCUT2D eigenvalue weighted by molar-refractivity contribution is 7.91. The first-order valence-corrected chi connectivity index (χ1v) is 6.26. The molecule has 0 aliphatic rings. The maximum absolute atomic E-state index is 11.3. The van der Waals surface area contributed by atoms with Gasteiger partial charge in [0, 0.05) is 6.26 Å². The fourth-order valence-electron chi connectivity index (χ4n) is 1.43. The Morgan fingerprint density at radius 2 is 1.87 bits per heavy atom. The van der Waals surface area contributed by atoms with E-state index in [9.17, 15) is 13.2 Å². The van der Waals surface area contributed by atoms with Crippen LogP contribution in [0.5, 0.6) is 0 Å². The Hall–Kier alpha value is -1.36. The second kappa shape index (κ2) is 4.02. The number of carboxylic acid groups (broad SMARTS) is 1. The lowest BCUT2D eigenvalue weighted by molar-refractivity contribution is -0.136. The molecular formula is C10H12O4S. The van der Waals surface area contributed by atoms with E-state index in [0.29, 0.717) is 11.1 Å². The van der Waals surface area contributed by atoms with Crippen molar-refractivity contribution in [2.45, 2.75) is 12.2 Å². The molecule has 1 N–H and O–H groups in total. The Balaban J connectivity index is 3.36. The molecule has 0 heterocycles. The molecule has 0 bridgehead atoms. The van der Waals surface area contributed by atoms with Crippen LogP contribution in [0.1, 0.15) is 16.4 Å². The van der Waals surface area contributed by atoms with Gasteiger partial charge >= 0.3 is 5.97 Å². The van der Waals surface area contributed by atoms with Gasteiger partial charge in [-0.15, -0.1) is 0 Å². The zero-order valence-electron chi connectivity index (χ0n) is 8.47. The molecule has 1 aromatic rings. The predicted octanol–water partition coefficient (Wildman–Crippen LogP) is 1.17. The number of hydrogen-bond donors (Lipinski definition) is 1. The van der Waals surface area contributed by atoms with Gasteiger partial charge in [-0.2, -0.15) is 0 Å². The van der Waals surface area contributed by atoms with Crippen LogP contribution in [0.4, 0.5) is 0 Å². The predicted molar refractivity (Wildman–Crippen MR) is 56.4 cm³/mol. The van der Waals surface area contributed by atoms with Crippen molar-refractivity contribution < 1.29 is 18.3 Å². The average molecular weight is 228 g/mol. The molecule has 0 fully saturated rings. The number of sulfone groups is 1. The van der Waals surface area contributed by atoms with E-state index >= 15 is 0 Å². The van der Waals surface area contributed by atoms with E-state index in [0.717, 1.165) is 6.26 Å². The maximum atomic E-state index is 11.3. The van der Waals surface area contributed by atoms with Crippen LogP contribution in [-0.2, 0) is 14.6 Å². The molecular weight excluding hydrogens is 216 g/mol. The second-order valence-corrected chi connectivity index (χ2v) is 5.53. The summed E-state index contributed by atoms with van der Waals surface area (Å²) in [5, 5.41) is 7.43. The third kappa shape index (κ3) is 2.56. The lowest BCUT2D eigenvalue weighted by Gasteiger charge is -2.12. The van der Waals surface area contributed by atoms with Gasteiger partial charge in [-0.05, 0) is 18.1 Å². The standard InChI is InChI=1S/C10H12O4S/c1-7-5-3-4-6-8(7)9(10(11)12)15(2,13)14/h3-6,9H,1-2H3,(H,11,12). The van der Waals surface area contributed by atoms with Crippen molar-refractivity contribution in [2.75, 3.05) is 6.26 Å². The van der Waals surface area contributed by atoms with Crippen molar-refractivity contribution >= 4 is 15.8 Å². The number of carbonyl (C=O) groups is 1. The summed E-state index contributed by atoms with van der Waals surface area (Å²) in [6.07, 6.45) is 0.929. The van der Waals surface area contributed by atoms with Crippen molar-refractivity contribution in [3.05, 3.63) is 35.4 Å². The Kier molecular flexibility index (Phi) is 3.14. The third-order valence-corrected chi connectivity index (χ3v) is 3.44. The maximum Gasteiger partial charge on any atom is 0.326 e. The molecule has 15 heavy (non-hydrogen) atoms. The fourth-order valence-corrected chi connectivity index (χ4v) is 2.52. The number of aliphatic carboxylic acids is 1. The van der Waals surface area contributed by atoms with E-state index in [1.54, 1.807) is 25.1 Å². The molecule has 1 rings (SSSR count). The van der Waals surface area contributed by atoms with Crippen LogP contribution in [0.15, 0.2) is 24.3 Å². The van der Waals surface area contributed by atoms with Gasteiger partial charge in [0.05, 0.1) is 0 Å². The Morgan fingerprint density at radius 1 is 1.33 bits per heavy atom. The monoisotopic (exact) mass is 228 g/mol. The topological polar surface area (TPSA) is 71.4 Å². The van der Waals surface area contributed by atoms with Crippen molar-refractivity contribution in [3.8, 4) is 0 Å². The summed E-state index contributed by atoms with van der Waals surface area (Å²) in [6.45, 7) is 1.69. The van der Waals surface area contributed by atoms with Gasteiger partial charge in [-0.1, -0.05) is 24.3 Å².